The normalized spacial score (nSPS) is 22.9. The lowest BCUT2D eigenvalue weighted by Crippen LogP contribution is -2.42. The molecule has 0 bridgehead atoms. The van der Waals surface area contributed by atoms with Crippen LogP contribution in [0.25, 0.3) is 0 Å². The number of aromatic hydroxyl groups is 1. The summed E-state index contributed by atoms with van der Waals surface area (Å²) < 4.78 is 4.99. The van der Waals surface area contributed by atoms with Crippen molar-refractivity contribution in [2.75, 3.05) is 7.11 Å². The zero-order chi connectivity index (χ0) is 14.5. The smallest absolute Gasteiger partial charge is 0.255 e. The first-order chi connectivity index (χ1) is 9.63. The monoisotopic (exact) mass is 279 g/mol. The molecule has 1 aromatic carbocycles. The van der Waals surface area contributed by atoms with Crippen LogP contribution in [0.4, 0.5) is 0 Å². The van der Waals surface area contributed by atoms with Gasteiger partial charge in [-0.05, 0) is 25.0 Å². The molecule has 1 saturated carbocycles. The third-order valence-corrected chi connectivity index (χ3v) is 3.76. The molecule has 110 valence electrons. The number of nitrogens with one attached hydrogen (secondary N) is 1. The van der Waals surface area contributed by atoms with Gasteiger partial charge in [0.05, 0.1) is 24.8 Å². The van der Waals surface area contributed by atoms with E-state index in [4.69, 9.17) is 4.74 Å². The highest BCUT2D eigenvalue weighted by Crippen LogP contribution is 2.29. The van der Waals surface area contributed by atoms with Gasteiger partial charge in [0, 0.05) is 0 Å². The Bertz CT molecular complexity index is 475. The number of carbonyl (C=O) groups excluding carboxylic acids is 1. The van der Waals surface area contributed by atoms with Crippen molar-refractivity contribution in [1.82, 2.24) is 5.32 Å². The van der Waals surface area contributed by atoms with Crippen LogP contribution in [0, 0.1) is 0 Å². The Balaban J connectivity index is 2.11. The average molecular weight is 279 g/mol. The van der Waals surface area contributed by atoms with E-state index in [1.165, 1.54) is 13.2 Å². The molecule has 1 fully saturated rings. The molecule has 1 amide bonds. The largest absolute Gasteiger partial charge is 0.504 e. The van der Waals surface area contributed by atoms with Gasteiger partial charge in [-0.1, -0.05) is 25.3 Å². The molecule has 1 aromatic rings. The van der Waals surface area contributed by atoms with Crippen molar-refractivity contribution in [2.45, 2.75) is 44.2 Å². The Morgan fingerprint density at radius 1 is 1.30 bits per heavy atom. The standard InChI is InChI=1S/C15H21NO4/c1-20-13-9-5-6-10(14(13)18)15(19)16-11-7-3-2-4-8-12(11)17/h5-6,9,11-12,17-18H,2-4,7-8H2,1H3,(H,16,19). The minimum atomic E-state index is -0.519. The zero-order valence-electron chi connectivity index (χ0n) is 11.6. The SMILES string of the molecule is COc1cccc(C(=O)NC2CCCCCC2O)c1O. The lowest BCUT2D eigenvalue weighted by atomic mass is 10.1. The second-order valence-electron chi connectivity index (χ2n) is 5.14. The maximum atomic E-state index is 12.2. The van der Waals surface area contributed by atoms with Crippen molar-refractivity contribution >= 4 is 5.91 Å². The number of ether oxygens (including phenoxy) is 1. The number of hydrogen-bond donors (Lipinski definition) is 3. The van der Waals surface area contributed by atoms with Gasteiger partial charge >= 0.3 is 0 Å². The van der Waals surface area contributed by atoms with E-state index in [1.54, 1.807) is 12.1 Å². The summed E-state index contributed by atoms with van der Waals surface area (Å²) in [5, 5.41) is 22.8. The Morgan fingerprint density at radius 2 is 2.05 bits per heavy atom. The number of aliphatic hydroxyl groups is 1. The van der Waals surface area contributed by atoms with Crippen LogP contribution in [-0.4, -0.2) is 35.4 Å². The summed E-state index contributed by atoms with van der Waals surface area (Å²) >= 11 is 0. The van der Waals surface area contributed by atoms with E-state index in [0.29, 0.717) is 6.42 Å². The minimum Gasteiger partial charge on any atom is -0.504 e. The molecule has 0 saturated heterocycles. The molecule has 0 radical (unpaired) electrons. The van der Waals surface area contributed by atoms with Crippen LogP contribution in [0.5, 0.6) is 11.5 Å². The van der Waals surface area contributed by atoms with E-state index in [0.717, 1.165) is 25.7 Å². The Kier molecular flexibility index (Phi) is 4.84. The molecule has 0 heterocycles. The van der Waals surface area contributed by atoms with Crippen molar-refractivity contribution < 1.29 is 19.7 Å². The maximum absolute atomic E-state index is 12.2. The number of carbonyl (C=O) groups is 1. The molecule has 3 N–H and O–H groups in total. The zero-order valence-corrected chi connectivity index (χ0v) is 11.6. The van der Waals surface area contributed by atoms with Gasteiger partial charge in [-0.2, -0.15) is 0 Å². The second-order valence-corrected chi connectivity index (χ2v) is 5.14. The van der Waals surface area contributed by atoms with Crippen LogP contribution in [0.2, 0.25) is 0 Å². The molecule has 0 spiro atoms. The quantitative estimate of drug-likeness (QED) is 0.737. The van der Waals surface area contributed by atoms with E-state index in [9.17, 15) is 15.0 Å². The molecular formula is C15H21NO4. The van der Waals surface area contributed by atoms with Crippen molar-refractivity contribution in [1.29, 1.82) is 0 Å². The van der Waals surface area contributed by atoms with Gasteiger partial charge in [0.2, 0.25) is 0 Å². The molecule has 20 heavy (non-hydrogen) atoms. The number of para-hydroxylation sites is 1. The summed E-state index contributed by atoms with van der Waals surface area (Å²) in [6.07, 6.45) is 4.00. The molecule has 2 atom stereocenters. The van der Waals surface area contributed by atoms with Gasteiger partial charge in [0.15, 0.2) is 11.5 Å². The molecule has 1 aliphatic carbocycles. The van der Waals surface area contributed by atoms with E-state index in [2.05, 4.69) is 5.32 Å². The van der Waals surface area contributed by atoms with Crippen LogP contribution in [0.15, 0.2) is 18.2 Å². The average Bonchev–Trinajstić information content (AvgIpc) is 2.64. The number of aliphatic hydroxyl groups excluding tert-OH is 1. The number of phenols is 1. The summed E-state index contributed by atoms with van der Waals surface area (Å²) in [5.41, 5.74) is 0.167. The Morgan fingerprint density at radius 3 is 2.80 bits per heavy atom. The van der Waals surface area contributed by atoms with Gasteiger partial charge in [-0.3, -0.25) is 4.79 Å². The van der Waals surface area contributed by atoms with E-state index in [-0.39, 0.29) is 29.0 Å². The molecule has 0 aliphatic heterocycles. The van der Waals surface area contributed by atoms with Crippen LogP contribution in [0.1, 0.15) is 42.5 Å². The molecule has 0 aromatic heterocycles. The number of benzene rings is 1. The van der Waals surface area contributed by atoms with Gasteiger partial charge in [0.25, 0.3) is 5.91 Å². The first kappa shape index (κ1) is 14.7. The number of phenolic OH excluding ortho intramolecular Hbond substituents is 1. The maximum Gasteiger partial charge on any atom is 0.255 e. The fraction of sp³-hybridized carbons (Fsp3) is 0.533. The van der Waals surface area contributed by atoms with Crippen LogP contribution in [-0.2, 0) is 0 Å². The highest BCUT2D eigenvalue weighted by Gasteiger charge is 2.25. The van der Waals surface area contributed by atoms with Crippen LogP contribution < -0.4 is 10.1 Å². The predicted molar refractivity (Wildman–Crippen MR) is 75.0 cm³/mol. The van der Waals surface area contributed by atoms with E-state index in [1.807, 2.05) is 0 Å². The number of methoxy groups -OCH3 is 1. The second kappa shape index (κ2) is 6.61. The topological polar surface area (TPSA) is 78.8 Å². The third kappa shape index (κ3) is 3.22. The summed E-state index contributed by atoms with van der Waals surface area (Å²) in [7, 11) is 1.44. The minimum absolute atomic E-state index is 0.167. The first-order valence-electron chi connectivity index (χ1n) is 6.98. The van der Waals surface area contributed by atoms with Gasteiger partial charge in [-0.15, -0.1) is 0 Å². The van der Waals surface area contributed by atoms with Crippen molar-refractivity contribution in [3.05, 3.63) is 23.8 Å². The van der Waals surface area contributed by atoms with Crippen LogP contribution >= 0.6 is 0 Å². The highest BCUT2D eigenvalue weighted by molar-refractivity contribution is 5.97. The van der Waals surface area contributed by atoms with Crippen molar-refractivity contribution in [3.8, 4) is 11.5 Å². The van der Waals surface area contributed by atoms with Crippen molar-refractivity contribution in [3.63, 3.8) is 0 Å². The fourth-order valence-corrected chi connectivity index (χ4v) is 2.57. The Hall–Kier alpha value is -1.75. The summed E-state index contributed by atoms with van der Waals surface area (Å²) in [5.74, 6) is -0.290. The third-order valence-electron chi connectivity index (χ3n) is 3.76. The lowest BCUT2D eigenvalue weighted by molar-refractivity contribution is 0.0816. The predicted octanol–water partition coefficient (Wildman–Crippen LogP) is 1.82. The number of amides is 1. The Labute approximate surface area is 118 Å². The molecule has 1 aliphatic rings. The fourth-order valence-electron chi connectivity index (χ4n) is 2.57. The summed E-state index contributed by atoms with van der Waals surface area (Å²) in [6.45, 7) is 0. The molecule has 5 nitrogen and oxygen atoms in total. The molecule has 2 rings (SSSR count). The van der Waals surface area contributed by atoms with E-state index < -0.39 is 6.10 Å². The molecule has 2 unspecified atom stereocenters. The number of hydrogen-bond acceptors (Lipinski definition) is 4. The lowest BCUT2D eigenvalue weighted by Gasteiger charge is -2.22. The summed E-state index contributed by atoms with van der Waals surface area (Å²) in [4.78, 5) is 12.2. The highest BCUT2D eigenvalue weighted by atomic mass is 16.5. The molecule has 5 heteroatoms. The molecular weight excluding hydrogens is 258 g/mol. The van der Waals surface area contributed by atoms with Gasteiger partial charge in [0.1, 0.15) is 0 Å². The van der Waals surface area contributed by atoms with Crippen LogP contribution in [0.3, 0.4) is 0 Å². The van der Waals surface area contributed by atoms with Gasteiger partial charge < -0.3 is 20.3 Å². The first-order valence-corrected chi connectivity index (χ1v) is 6.98. The van der Waals surface area contributed by atoms with Crippen molar-refractivity contribution in [2.24, 2.45) is 0 Å². The summed E-state index contributed by atoms with van der Waals surface area (Å²) in [6, 6.07) is 4.52. The number of rotatable bonds is 3. The van der Waals surface area contributed by atoms with Gasteiger partial charge in [-0.25, -0.2) is 0 Å². The van der Waals surface area contributed by atoms with E-state index >= 15 is 0 Å².